The number of amides is 1. The third-order valence-electron chi connectivity index (χ3n) is 3.59. The number of hydrogen-bond donors (Lipinski definition) is 2. The van der Waals surface area contributed by atoms with Gasteiger partial charge in [0.2, 0.25) is 5.88 Å². The van der Waals surface area contributed by atoms with Crippen LogP contribution in [0.2, 0.25) is 0 Å². The second-order valence-corrected chi connectivity index (χ2v) is 5.18. The summed E-state index contributed by atoms with van der Waals surface area (Å²) in [6, 6.07) is 9.43. The molecule has 0 aliphatic carbocycles. The summed E-state index contributed by atoms with van der Waals surface area (Å²) >= 11 is 0. The number of carbonyl (C=O) groups excluding carboxylic acids is 1. The molecule has 0 bridgehead atoms. The Morgan fingerprint density at radius 1 is 1.41 bits per heavy atom. The number of fused-ring (bicyclic) bond motifs is 2. The summed E-state index contributed by atoms with van der Waals surface area (Å²) in [5.41, 5.74) is 2.21. The van der Waals surface area contributed by atoms with Crippen molar-refractivity contribution in [1.82, 2.24) is 25.1 Å². The third-order valence-corrected chi connectivity index (χ3v) is 3.59. The van der Waals surface area contributed by atoms with Crippen molar-refractivity contribution >= 4 is 16.9 Å². The highest BCUT2D eigenvalue weighted by Gasteiger charge is 2.17. The lowest BCUT2D eigenvalue weighted by atomic mass is 10.3. The molecule has 3 aromatic rings. The van der Waals surface area contributed by atoms with Crippen molar-refractivity contribution in [3.05, 3.63) is 41.9 Å². The van der Waals surface area contributed by atoms with Gasteiger partial charge in [0.1, 0.15) is 5.82 Å². The minimum absolute atomic E-state index is 0.231. The molecule has 1 amide bonds. The highest BCUT2D eigenvalue weighted by atomic mass is 16.5. The quantitative estimate of drug-likeness (QED) is 0.766. The van der Waals surface area contributed by atoms with Crippen LogP contribution < -0.4 is 10.1 Å². The van der Waals surface area contributed by atoms with Crippen LogP contribution in [0, 0.1) is 0 Å². The van der Waals surface area contributed by atoms with E-state index in [1.807, 2.05) is 24.3 Å². The number of imidazole rings is 1. The number of para-hydroxylation sites is 2. The molecule has 0 fully saturated rings. The molecule has 3 heterocycles. The van der Waals surface area contributed by atoms with Gasteiger partial charge in [-0.25, -0.2) is 9.67 Å². The van der Waals surface area contributed by atoms with E-state index in [9.17, 15) is 4.79 Å². The number of H-pyrrole nitrogens is 1. The topological polar surface area (TPSA) is 84.8 Å². The minimum atomic E-state index is -0.231. The van der Waals surface area contributed by atoms with Gasteiger partial charge in [-0.15, -0.1) is 0 Å². The van der Waals surface area contributed by atoms with Gasteiger partial charge in [-0.1, -0.05) is 12.1 Å². The molecule has 0 spiro atoms. The fourth-order valence-electron chi connectivity index (χ4n) is 2.52. The van der Waals surface area contributed by atoms with E-state index in [1.54, 1.807) is 10.7 Å². The smallest absolute Gasteiger partial charge is 0.272 e. The molecule has 22 heavy (non-hydrogen) atoms. The third kappa shape index (κ3) is 2.30. The van der Waals surface area contributed by atoms with Crippen LogP contribution in [0.1, 0.15) is 22.7 Å². The maximum Gasteiger partial charge on any atom is 0.272 e. The van der Waals surface area contributed by atoms with Crippen LogP contribution in [-0.2, 0) is 13.1 Å². The van der Waals surface area contributed by atoms with E-state index in [4.69, 9.17) is 4.74 Å². The predicted molar refractivity (Wildman–Crippen MR) is 79.6 cm³/mol. The van der Waals surface area contributed by atoms with Crippen molar-refractivity contribution in [2.45, 2.75) is 19.5 Å². The molecule has 0 saturated heterocycles. The molecule has 1 aromatic carbocycles. The summed E-state index contributed by atoms with van der Waals surface area (Å²) in [4.78, 5) is 19.8. The Balaban J connectivity index is 1.46. The van der Waals surface area contributed by atoms with E-state index in [0.29, 0.717) is 24.7 Å². The first-order valence-corrected chi connectivity index (χ1v) is 7.22. The Morgan fingerprint density at radius 3 is 3.18 bits per heavy atom. The largest absolute Gasteiger partial charge is 0.478 e. The van der Waals surface area contributed by atoms with Crippen LogP contribution in [0.15, 0.2) is 30.3 Å². The maximum absolute atomic E-state index is 12.2. The number of aromatic nitrogens is 4. The van der Waals surface area contributed by atoms with Gasteiger partial charge in [0.25, 0.3) is 5.91 Å². The number of carbonyl (C=O) groups is 1. The van der Waals surface area contributed by atoms with Crippen molar-refractivity contribution < 1.29 is 9.53 Å². The normalized spacial score (nSPS) is 13.6. The molecule has 0 unspecified atom stereocenters. The first-order chi connectivity index (χ1) is 10.8. The van der Waals surface area contributed by atoms with Gasteiger partial charge in [0.05, 0.1) is 24.2 Å². The average molecular weight is 297 g/mol. The number of rotatable bonds is 3. The molecule has 2 N–H and O–H groups in total. The first kappa shape index (κ1) is 12.9. The van der Waals surface area contributed by atoms with Crippen LogP contribution in [0.3, 0.4) is 0 Å². The number of hydrogen-bond acceptors (Lipinski definition) is 4. The molecule has 0 radical (unpaired) electrons. The van der Waals surface area contributed by atoms with E-state index < -0.39 is 0 Å². The molecule has 7 heteroatoms. The molecule has 2 aromatic heterocycles. The molecular weight excluding hydrogens is 282 g/mol. The lowest BCUT2D eigenvalue weighted by molar-refractivity contribution is 0.0944. The monoisotopic (exact) mass is 297 g/mol. The zero-order valence-corrected chi connectivity index (χ0v) is 11.9. The van der Waals surface area contributed by atoms with Crippen molar-refractivity contribution in [3.8, 4) is 5.88 Å². The average Bonchev–Trinajstić information content (AvgIpc) is 3.15. The van der Waals surface area contributed by atoms with Crippen LogP contribution in [0.4, 0.5) is 0 Å². The Hall–Kier alpha value is -2.83. The number of aromatic amines is 1. The van der Waals surface area contributed by atoms with Gasteiger partial charge in [0, 0.05) is 19.0 Å². The fraction of sp³-hybridized carbons (Fsp3) is 0.267. The van der Waals surface area contributed by atoms with Crippen molar-refractivity contribution in [3.63, 3.8) is 0 Å². The summed E-state index contributed by atoms with van der Waals surface area (Å²) in [5, 5.41) is 7.08. The molecular formula is C15H15N5O2. The van der Waals surface area contributed by atoms with E-state index >= 15 is 0 Å². The van der Waals surface area contributed by atoms with Gasteiger partial charge in [-0.3, -0.25) is 4.79 Å². The van der Waals surface area contributed by atoms with Crippen LogP contribution >= 0.6 is 0 Å². The summed E-state index contributed by atoms with van der Waals surface area (Å²) in [5.74, 6) is 1.14. The van der Waals surface area contributed by atoms with E-state index in [-0.39, 0.29) is 5.91 Å². The zero-order chi connectivity index (χ0) is 14.9. The molecule has 7 nitrogen and oxygen atoms in total. The number of nitrogens with one attached hydrogen (secondary N) is 2. The van der Waals surface area contributed by atoms with E-state index in [1.165, 1.54) is 0 Å². The minimum Gasteiger partial charge on any atom is -0.478 e. The van der Waals surface area contributed by atoms with Crippen molar-refractivity contribution in [1.29, 1.82) is 0 Å². The molecule has 4 rings (SSSR count). The SMILES string of the molecule is O=C(NCc1nc2ccccc2[nH]1)c1cc2n(n1)CCCO2. The van der Waals surface area contributed by atoms with Crippen LogP contribution in [0.25, 0.3) is 11.0 Å². The zero-order valence-electron chi connectivity index (χ0n) is 11.9. The standard InChI is InChI=1S/C15H15N5O2/c21-15(12-8-14-20(19-12)6-3-7-22-14)16-9-13-17-10-4-1-2-5-11(10)18-13/h1-2,4-5,8H,3,6-7,9H2,(H,16,21)(H,17,18). The fourth-order valence-corrected chi connectivity index (χ4v) is 2.52. The molecule has 0 saturated carbocycles. The lowest BCUT2D eigenvalue weighted by Gasteiger charge is -2.13. The Kier molecular flexibility index (Phi) is 3.03. The van der Waals surface area contributed by atoms with Crippen LogP contribution in [0.5, 0.6) is 5.88 Å². The lowest BCUT2D eigenvalue weighted by Crippen LogP contribution is -2.24. The number of nitrogens with zero attached hydrogens (tertiary/aromatic N) is 3. The summed E-state index contributed by atoms with van der Waals surface area (Å²) in [7, 11) is 0. The second kappa shape index (κ2) is 5.18. The van der Waals surface area contributed by atoms with E-state index in [0.717, 1.165) is 29.8 Å². The second-order valence-electron chi connectivity index (χ2n) is 5.18. The van der Waals surface area contributed by atoms with E-state index in [2.05, 4.69) is 20.4 Å². The Labute approximate surface area is 126 Å². The predicted octanol–water partition coefficient (Wildman–Crippen LogP) is 1.47. The highest BCUT2D eigenvalue weighted by molar-refractivity contribution is 5.92. The van der Waals surface area contributed by atoms with Gasteiger partial charge in [-0.2, -0.15) is 5.10 Å². The van der Waals surface area contributed by atoms with Crippen molar-refractivity contribution in [2.24, 2.45) is 0 Å². The summed E-state index contributed by atoms with van der Waals surface area (Å²) < 4.78 is 7.18. The van der Waals surface area contributed by atoms with Crippen LogP contribution in [-0.4, -0.2) is 32.3 Å². The molecule has 1 aliphatic rings. The molecule has 0 atom stereocenters. The Bertz CT molecular complexity index is 779. The Morgan fingerprint density at radius 2 is 2.32 bits per heavy atom. The van der Waals surface area contributed by atoms with Gasteiger partial charge in [0.15, 0.2) is 5.69 Å². The highest BCUT2D eigenvalue weighted by Crippen LogP contribution is 2.18. The maximum atomic E-state index is 12.2. The van der Waals surface area contributed by atoms with Gasteiger partial charge < -0.3 is 15.0 Å². The number of aryl methyl sites for hydroxylation is 1. The number of benzene rings is 1. The van der Waals surface area contributed by atoms with Crippen molar-refractivity contribution in [2.75, 3.05) is 6.61 Å². The van der Waals surface area contributed by atoms with Gasteiger partial charge >= 0.3 is 0 Å². The van der Waals surface area contributed by atoms with Gasteiger partial charge in [-0.05, 0) is 12.1 Å². The first-order valence-electron chi connectivity index (χ1n) is 7.22. The summed E-state index contributed by atoms with van der Waals surface area (Å²) in [6.45, 7) is 1.79. The summed E-state index contributed by atoms with van der Waals surface area (Å²) in [6.07, 6.45) is 0.911. The number of ether oxygens (including phenoxy) is 1. The molecule has 1 aliphatic heterocycles. The molecule has 112 valence electrons.